The molecule has 3 rings (SSSR count). The van der Waals surface area contributed by atoms with Crippen LogP contribution in [0.4, 0.5) is 5.69 Å². The van der Waals surface area contributed by atoms with Gasteiger partial charge in [-0.25, -0.2) is 0 Å². The van der Waals surface area contributed by atoms with Crippen LogP contribution in [0.15, 0.2) is 28.8 Å². The Labute approximate surface area is 106 Å². The summed E-state index contributed by atoms with van der Waals surface area (Å²) in [6.45, 7) is 2.27. The fourth-order valence-corrected chi connectivity index (χ4v) is 2.64. The summed E-state index contributed by atoms with van der Waals surface area (Å²) in [7, 11) is 0. The molecule has 94 valence electrons. The van der Waals surface area contributed by atoms with Crippen LogP contribution in [0.2, 0.25) is 0 Å². The SMILES string of the molecule is CC1CCC(c2noc(-c3ccccc3N)n2)C1. The van der Waals surface area contributed by atoms with E-state index in [9.17, 15) is 0 Å². The van der Waals surface area contributed by atoms with Crippen LogP contribution >= 0.6 is 0 Å². The fraction of sp³-hybridized carbons (Fsp3) is 0.429. The van der Waals surface area contributed by atoms with Crippen LogP contribution in [0.3, 0.4) is 0 Å². The van der Waals surface area contributed by atoms with E-state index in [0.29, 0.717) is 17.5 Å². The molecule has 2 unspecified atom stereocenters. The topological polar surface area (TPSA) is 64.9 Å². The maximum atomic E-state index is 5.91. The van der Waals surface area contributed by atoms with Crippen LogP contribution in [0, 0.1) is 5.92 Å². The quantitative estimate of drug-likeness (QED) is 0.822. The third-order valence-electron chi connectivity index (χ3n) is 3.69. The second-order valence-electron chi connectivity index (χ2n) is 5.16. The lowest BCUT2D eigenvalue weighted by atomic mass is 10.1. The number of hydrogen-bond acceptors (Lipinski definition) is 4. The minimum absolute atomic E-state index is 0.447. The van der Waals surface area contributed by atoms with Crippen molar-refractivity contribution in [3.8, 4) is 11.5 Å². The van der Waals surface area contributed by atoms with Gasteiger partial charge in [-0.3, -0.25) is 0 Å². The molecule has 18 heavy (non-hydrogen) atoms. The normalized spacial score (nSPS) is 23.4. The number of hydrogen-bond donors (Lipinski definition) is 1. The Bertz CT molecular complexity index is 549. The maximum Gasteiger partial charge on any atom is 0.260 e. The van der Waals surface area contributed by atoms with Gasteiger partial charge in [-0.05, 0) is 37.3 Å². The van der Waals surface area contributed by atoms with Gasteiger partial charge in [-0.2, -0.15) is 4.98 Å². The highest BCUT2D eigenvalue weighted by Gasteiger charge is 2.27. The summed E-state index contributed by atoms with van der Waals surface area (Å²) in [5, 5.41) is 4.11. The Morgan fingerprint density at radius 3 is 2.83 bits per heavy atom. The van der Waals surface area contributed by atoms with Gasteiger partial charge in [-0.1, -0.05) is 24.2 Å². The number of nitrogens with two attached hydrogens (primary N) is 1. The summed E-state index contributed by atoms with van der Waals surface area (Å²) >= 11 is 0. The van der Waals surface area contributed by atoms with Crippen LogP contribution < -0.4 is 5.73 Å². The van der Waals surface area contributed by atoms with Gasteiger partial charge in [0.25, 0.3) is 5.89 Å². The number of nitrogens with zero attached hydrogens (tertiary/aromatic N) is 2. The molecule has 0 bridgehead atoms. The van der Waals surface area contributed by atoms with E-state index in [2.05, 4.69) is 17.1 Å². The lowest BCUT2D eigenvalue weighted by Gasteiger charge is -2.02. The van der Waals surface area contributed by atoms with Crippen molar-refractivity contribution in [1.29, 1.82) is 0 Å². The molecule has 1 fully saturated rings. The van der Waals surface area contributed by atoms with Crippen molar-refractivity contribution in [2.45, 2.75) is 32.1 Å². The Balaban J connectivity index is 1.88. The van der Waals surface area contributed by atoms with E-state index in [-0.39, 0.29) is 0 Å². The largest absolute Gasteiger partial charge is 0.398 e. The van der Waals surface area contributed by atoms with Gasteiger partial charge in [0.1, 0.15) is 0 Å². The molecular weight excluding hydrogens is 226 g/mol. The van der Waals surface area contributed by atoms with Crippen molar-refractivity contribution >= 4 is 5.69 Å². The molecule has 2 atom stereocenters. The smallest absolute Gasteiger partial charge is 0.260 e. The van der Waals surface area contributed by atoms with Gasteiger partial charge >= 0.3 is 0 Å². The fourth-order valence-electron chi connectivity index (χ4n) is 2.64. The second-order valence-corrected chi connectivity index (χ2v) is 5.16. The van der Waals surface area contributed by atoms with Gasteiger partial charge in [0, 0.05) is 11.6 Å². The molecule has 4 nitrogen and oxygen atoms in total. The highest BCUT2D eigenvalue weighted by atomic mass is 16.5. The maximum absolute atomic E-state index is 5.91. The molecule has 0 aliphatic heterocycles. The molecular formula is C14H17N3O. The monoisotopic (exact) mass is 243 g/mol. The van der Waals surface area contributed by atoms with Crippen LogP contribution in [-0.4, -0.2) is 10.1 Å². The zero-order valence-corrected chi connectivity index (χ0v) is 10.5. The summed E-state index contributed by atoms with van der Waals surface area (Å²) in [6, 6.07) is 7.57. The third kappa shape index (κ3) is 1.98. The van der Waals surface area contributed by atoms with E-state index in [1.54, 1.807) is 0 Å². The predicted octanol–water partition coefficient (Wildman–Crippen LogP) is 3.22. The van der Waals surface area contributed by atoms with E-state index in [1.807, 2.05) is 24.3 Å². The molecule has 1 saturated carbocycles. The van der Waals surface area contributed by atoms with Crippen LogP contribution in [-0.2, 0) is 0 Å². The molecule has 0 amide bonds. The van der Waals surface area contributed by atoms with Gasteiger partial charge in [0.05, 0.1) is 5.56 Å². The number of anilines is 1. The summed E-state index contributed by atoms with van der Waals surface area (Å²) in [6.07, 6.45) is 3.57. The third-order valence-corrected chi connectivity index (χ3v) is 3.69. The first-order valence-electron chi connectivity index (χ1n) is 6.42. The van der Waals surface area contributed by atoms with Crippen molar-refractivity contribution in [3.05, 3.63) is 30.1 Å². The highest BCUT2D eigenvalue weighted by Crippen LogP contribution is 2.37. The number of para-hydroxylation sites is 1. The van der Waals surface area contributed by atoms with Crippen molar-refractivity contribution < 1.29 is 4.52 Å². The second kappa shape index (κ2) is 4.44. The number of aromatic nitrogens is 2. The summed E-state index contributed by atoms with van der Waals surface area (Å²) in [4.78, 5) is 4.50. The highest BCUT2D eigenvalue weighted by molar-refractivity contribution is 5.69. The molecule has 0 radical (unpaired) electrons. The molecule has 1 aromatic heterocycles. The zero-order valence-electron chi connectivity index (χ0n) is 10.5. The molecule has 1 aliphatic rings. The summed E-state index contributed by atoms with van der Waals surface area (Å²) in [5.41, 5.74) is 7.40. The van der Waals surface area contributed by atoms with E-state index < -0.39 is 0 Å². The molecule has 2 N–H and O–H groups in total. The minimum atomic E-state index is 0.447. The van der Waals surface area contributed by atoms with Crippen molar-refractivity contribution in [2.75, 3.05) is 5.73 Å². The zero-order chi connectivity index (χ0) is 12.5. The minimum Gasteiger partial charge on any atom is -0.398 e. The standard InChI is InChI=1S/C14H17N3O/c1-9-6-7-10(8-9)13-16-14(18-17-13)11-4-2-3-5-12(11)15/h2-5,9-10H,6-8,15H2,1H3. The number of benzene rings is 1. The lowest BCUT2D eigenvalue weighted by Crippen LogP contribution is -1.96. The predicted molar refractivity (Wildman–Crippen MR) is 69.9 cm³/mol. The van der Waals surface area contributed by atoms with Gasteiger partial charge in [-0.15, -0.1) is 0 Å². The van der Waals surface area contributed by atoms with E-state index in [1.165, 1.54) is 6.42 Å². The number of rotatable bonds is 2. The Morgan fingerprint density at radius 1 is 1.28 bits per heavy atom. The molecule has 1 aromatic carbocycles. The average Bonchev–Trinajstić information content (AvgIpc) is 2.98. The first-order valence-corrected chi connectivity index (χ1v) is 6.42. The van der Waals surface area contributed by atoms with E-state index in [4.69, 9.17) is 10.3 Å². The molecule has 1 heterocycles. The number of nitrogen functional groups attached to an aromatic ring is 1. The average molecular weight is 243 g/mol. The van der Waals surface area contributed by atoms with E-state index in [0.717, 1.165) is 30.1 Å². The van der Waals surface area contributed by atoms with Crippen LogP contribution in [0.25, 0.3) is 11.5 Å². The Hall–Kier alpha value is -1.84. The van der Waals surface area contributed by atoms with Crippen LogP contribution in [0.5, 0.6) is 0 Å². The Kier molecular flexibility index (Phi) is 2.78. The van der Waals surface area contributed by atoms with Gasteiger partial charge in [0.15, 0.2) is 5.82 Å². The van der Waals surface area contributed by atoms with Crippen molar-refractivity contribution in [1.82, 2.24) is 10.1 Å². The van der Waals surface area contributed by atoms with Crippen LogP contribution in [0.1, 0.15) is 37.9 Å². The first kappa shape index (κ1) is 11.3. The first-order chi connectivity index (χ1) is 8.74. The molecule has 4 heteroatoms. The van der Waals surface area contributed by atoms with Crippen molar-refractivity contribution in [2.24, 2.45) is 5.92 Å². The van der Waals surface area contributed by atoms with Gasteiger partial charge < -0.3 is 10.3 Å². The lowest BCUT2D eigenvalue weighted by molar-refractivity contribution is 0.415. The van der Waals surface area contributed by atoms with E-state index >= 15 is 0 Å². The molecule has 1 aliphatic carbocycles. The summed E-state index contributed by atoms with van der Waals surface area (Å²) in [5.74, 6) is 2.57. The van der Waals surface area contributed by atoms with Crippen molar-refractivity contribution in [3.63, 3.8) is 0 Å². The van der Waals surface area contributed by atoms with Gasteiger partial charge in [0.2, 0.25) is 0 Å². The molecule has 2 aromatic rings. The molecule has 0 saturated heterocycles. The molecule has 0 spiro atoms. The summed E-state index contributed by atoms with van der Waals surface area (Å²) < 4.78 is 5.34. The Morgan fingerprint density at radius 2 is 2.11 bits per heavy atom.